The van der Waals surface area contributed by atoms with Gasteiger partial charge in [0.25, 0.3) is 0 Å². The van der Waals surface area contributed by atoms with Crippen molar-refractivity contribution in [3.8, 4) is 11.4 Å². The summed E-state index contributed by atoms with van der Waals surface area (Å²) in [4.78, 5) is 0. The van der Waals surface area contributed by atoms with Crippen LogP contribution < -0.4 is 4.74 Å². The first kappa shape index (κ1) is 14.9. The van der Waals surface area contributed by atoms with Gasteiger partial charge in [0.1, 0.15) is 12.4 Å². The van der Waals surface area contributed by atoms with Crippen molar-refractivity contribution in [3.63, 3.8) is 0 Å². The molecule has 0 bridgehead atoms. The number of hydrogen-bond acceptors (Lipinski definition) is 4. The van der Waals surface area contributed by atoms with Crippen LogP contribution in [-0.4, -0.2) is 34.4 Å². The van der Waals surface area contributed by atoms with E-state index in [1.807, 2.05) is 41.2 Å². The fourth-order valence-electron chi connectivity index (χ4n) is 1.75. The van der Waals surface area contributed by atoms with Crippen molar-refractivity contribution in [2.45, 2.75) is 18.6 Å². The van der Waals surface area contributed by atoms with Crippen LogP contribution >= 0.6 is 11.8 Å². The molecule has 2 rings (SSSR count). The van der Waals surface area contributed by atoms with Crippen LogP contribution in [0.4, 0.5) is 0 Å². The molecule has 0 saturated carbocycles. The van der Waals surface area contributed by atoms with E-state index in [-0.39, 0.29) is 11.4 Å². The Kier molecular flexibility index (Phi) is 4.73. The van der Waals surface area contributed by atoms with Crippen molar-refractivity contribution >= 4 is 11.8 Å². The van der Waals surface area contributed by atoms with E-state index in [2.05, 4.69) is 25.2 Å². The molecule has 0 aliphatic rings. The molecule has 20 heavy (non-hydrogen) atoms. The Bertz CT molecular complexity index is 549. The monoisotopic (exact) mass is 292 g/mol. The lowest BCUT2D eigenvalue weighted by Gasteiger charge is -2.18. The molecule has 1 aromatic heterocycles. The topological polar surface area (TPSA) is 47.3 Å². The zero-order valence-corrected chi connectivity index (χ0v) is 12.9. The normalized spacial score (nSPS) is 11.6. The van der Waals surface area contributed by atoms with Gasteiger partial charge < -0.3 is 9.84 Å². The third-order valence-corrected chi connectivity index (χ3v) is 4.41. The zero-order valence-electron chi connectivity index (χ0n) is 12.0. The van der Waals surface area contributed by atoms with Gasteiger partial charge in [-0.2, -0.15) is 16.9 Å². The Morgan fingerprint density at radius 2 is 1.95 bits per heavy atom. The van der Waals surface area contributed by atoms with Crippen LogP contribution in [0.1, 0.15) is 19.5 Å². The van der Waals surface area contributed by atoms with Crippen LogP contribution in [0.15, 0.2) is 36.5 Å². The number of ether oxygens (including phenoxy) is 1. The van der Waals surface area contributed by atoms with Crippen LogP contribution in [0.2, 0.25) is 0 Å². The van der Waals surface area contributed by atoms with Crippen molar-refractivity contribution < 1.29 is 9.84 Å². The molecule has 2 aromatic rings. The standard InChI is InChI=1S/C15H20N2O2S/c1-15(2,20-3)14-8-9-17(16-14)12-4-6-13(7-5-12)19-11-10-18/h4-9,18H,10-11H2,1-3H3. The van der Waals surface area contributed by atoms with Crippen molar-refractivity contribution in [3.05, 3.63) is 42.2 Å². The Morgan fingerprint density at radius 1 is 1.25 bits per heavy atom. The SMILES string of the molecule is CSC(C)(C)c1ccn(-c2ccc(OCCO)cc2)n1. The van der Waals surface area contributed by atoms with E-state index in [9.17, 15) is 0 Å². The van der Waals surface area contributed by atoms with Crippen LogP contribution in [0.25, 0.3) is 5.69 Å². The van der Waals surface area contributed by atoms with Gasteiger partial charge in [-0.3, -0.25) is 0 Å². The predicted octanol–water partition coefficient (Wildman–Crippen LogP) is 2.84. The first-order chi connectivity index (χ1) is 9.56. The molecule has 0 saturated heterocycles. The summed E-state index contributed by atoms with van der Waals surface area (Å²) >= 11 is 1.78. The van der Waals surface area contributed by atoms with E-state index in [0.29, 0.717) is 6.61 Å². The molecule has 0 unspecified atom stereocenters. The van der Waals surface area contributed by atoms with Gasteiger partial charge in [-0.1, -0.05) is 0 Å². The molecule has 5 heteroatoms. The Morgan fingerprint density at radius 3 is 2.55 bits per heavy atom. The highest BCUT2D eigenvalue weighted by atomic mass is 32.2. The molecule has 1 N–H and O–H groups in total. The smallest absolute Gasteiger partial charge is 0.119 e. The molecule has 0 amide bonds. The molecule has 108 valence electrons. The number of thioether (sulfide) groups is 1. The Balaban J connectivity index is 2.16. The molecule has 1 heterocycles. The summed E-state index contributed by atoms with van der Waals surface area (Å²) in [6.07, 6.45) is 4.06. The lowest BCUT2D eigenvalue weighted by atomic mass is 10.1. The molecule has 0 spiro atoms. The number of hydrogen-bond donors (Lipinski definition) is 1. The maximum atomic E-state index is 8.72. The highest BCUT2D eigenvalue weighted by molar-refractivity contribution is 7.99. The Hall–Kier alpha value is -1.46. The molecule has 4 nitrogen and oxygen atoms in total. The lowest BCUT2D eigenvalue weighted by molar-refractivity contribution is 0.201. The van der Waals surface area contributed by atoms with Gasteiger partial charge in [0.05, 0.1) is 22.7 Å². The maximum absolute atomic E-state index is 8.72. The fraction of sp³-hybridized carbons (Fsp3) is 0.400. The van der Waals surface area contributed by atoms with Crippen LogP contribution in [0.5, 0.6) is 5.75 Å². The first-order valence-corrected chi connectivity index (χ1v) is 7.74. The van der Waals surface area contributed by atoms with E-state index in [4.69, 9.17) is 9.84 Å². The Labute approximate surface area is 123 Å². The first-order valence-electron chi connectivity index (χ1n) is 6.52. The number of aliphatic hydroxyl groups is 1. The minimum atomic E-state index is 0.00935. The predicted molar refractivity (Wildman–Crippen MR) is 82.7 cm³/mol. The van der Waals surface area contributed by atoms with Crippen LogP contribution in [0, 0.1) is 0 Å². The second kappa shape index (κ2) is 6.33. The van der Waals surface area contributed by atoms with Crippen molar-refractivity contribution in [2.24, 2.45) is 0 Å². The average Bonchev–Trinajstić information content (AvgIpc) is 2.96. The van der Waals surface area contributed by atoms with Gasteiger partial charge in [-0.05, 0) is 50.4 Å². The maximum Gasteiger partial charge on any atom is 0.119 e. The van der Waals surface area contributed by atoms with E-state index < -0.39 is 0 Å². The number of aromatic nitrogens is 2. The number of rotatable bonds is 6. The van der Waals surface area contributed by atoms with Gasteiger partial charge in [-0.15, -0.1) is 0 Å². The molecular weight excluding hydrogens is 272 g/mol. The molecule has 0 fully saturated rings. The van der Waals surface area contributed by atoms with E-state index >= 15 is 0 Å². The molecular formula is C15H20N2O2S. The summed E-state index contributed by atoms with van der Waals surface area (Å²) in [5.74, 6) is 0.750. The van der Waals surface area contributed by atoms with Crippen LogP contribution in [0.3, 0.4) is 0 Å². The molecule has 0 atom stereocenters. The second-order valence-electron chi connectivity index (χ2n) is 4.93. The van der Waals surface area contributed by atoms with Gasteiger partial charge >= 0.3 is 0 Å². The minimum Gasteiger partial charge on any atom is -0.491 e. The fourth-order valence-corrected chi connectivity index (χ4v) is 2.07. The van der Waals surface area contributed by atoms with Crippen molar-refractivity contribution in [2.75, 3.05) is 19.5 Å². The summed E-state index contributed by atoms with van der Waals surface area (Å²) in [6.45, 7) is 4.66. The van der Waals surface area contributed by atoms with E-state index in [0.717, 1.165) is 17.1 Å². The number of nitrogens with zero attached hydrogens (tertiary/aromatic N) is 2. The largest absolute Gasteiger partial charge is 0.491 e. The van der Waals surface area contributed by atoms with Gasteiger partial charge in [0.2, 0.25) is 0 Å². The molecule has 1 aromatic carbocycles. The van der Waals surface area contributed by atoms with Gasteiger partial charge in [0.15, 0.2) is 0 Å². The third-order valence-electron chi connectivity index (χ3n) is 3.18. The lowest BCUT2D eigenvalue weighted by Crippen LogP contribution is -2.12. The van der Waals surface area contributed by atoms with Crippen molar-refractivity contribution in [1.29, 1.82) is 0 Å². The van der Waals surface area contributed by atoms with Gasteiger partial charge in [0, 0.05) is 6.20 Å². The molecule has 0 aliphatic heterocycles. The quantitative estimate of drug-likeness (QED) is 0.889. The minimum absolute atomic E-state index is 0.00935. The highest BCUT2D eigenvalue weighted by Gasteiger charge is 2.21. The van der Waals surface area contributed by atoms with Crippen LogP contribution in [-0.2, 0) is 4.75 Å². The van der Waals surface area contributed by atoms with E-state index in [1.54, 1.807) is 11.8 Å². The summed E-state index contributed by atoms with van der Waals surface area (Å²) in [5.41, 5.74) is 2.05. The summed E-state index contributed by atoms with van der Waals surface area (Å²) in [5, 5.41) is 13.4. The van der Waals surface area contributed by atoms with Crippen molar-refractivity contribution in [1.82, 2.24) is 9.78 Å². The average molecular weight is 292 g/mol. The summed E-state index contributed by atoms with van der Waals surface area (Å²) < 4.78 is 7.21. The third kappa shape index (κ3) is 3.35. The van der Waals surface area contributed by atoms with Gasteiger partial charge in [-0.25, -0.2) is 4.68 Å². The van der Waals surface area contributed by atoms with E-state index in [1.165, 1.54) is 0 Å². The highest BCUT2D eigenvalue weighted by Crippen LogP contribution is 2.32. The summed E-state index contributed by atoms with van der Waals surface area (Å²) in [7, 11) is 0. The molecule has 0 radical (unpaired) electrons. The second-order valence-corrected chi connectivity index (χ2v) is 6.35. The number of aliphatic hydroxyl groups excluding tert-OH is 1. The number of benzene rings is 1. The molecule has 0 aliphatic carbocycles. The summed E-state index contributed by atoms with van der Waals surface area (Å²) in [6, 6.07) is 9.72. The zero-order chi connectivity index (χ0) is 14.6.